The number of likely N-dealkylation sites (tertiary alicyclic amines) is 1. The van der Waals surface area contributed by atoms with Crippen molar-refractivity contribution in [2.45, 2.75) is 26.3 Å². The highest BCUT2D eigenvalue weighted by molar-refractivity contribution is 6.30. The average Bonchev–Trinajstić information content (AvgIpc) is 2.69. The van der Waals surface area contributed by atoms with Crippen LogP contribution in [0.1, 0.15) is 30.9 Å². The number of nitrogens with one attached hydrogen (secondary N) is 1. The van der Waals surface area contributed by atoms with Crippen LogP contribution in [0.2, 0.25) is 5.02 Å². The fraction of sp³-hybridized carbons (Fsp3) is 0.333. The van der Waals surface area contributed by atoms with Crippen LogP contribution >= 0.6 is 11.6 Å². The molecule has 0 atom stereocenters. The molecule has 0 saturated carbocycles. The van der Waals surface area contributed by atoms with Gasteiger partial charge >= 0.3 is 0 Å². The predicted octanol–water partition coefficient (Wildman–Crippen LogP) is 4.09. The van der Waals surface area contributed by atoms with Crippen LogP contribution in [0.25, 0.3) is 0 Å². The molecule has 136 valence electrons. The Bertz CT molecular complexity index is 751. The first-order valence-corrected chi connectivity index (χ1v) is 9.36. The van der Waals surface area contributed by atoms with Gasteiger partial charge in [0, 0.05) is 17.5 Å². The molecule has 0 spiro atoms. The molecule has 0 unspecified atom stereocenters. The first-order chi connectivity index (χ1) is 12.6. The Morgan fingerprint density at radius 2 is 1.77 bits per heavy atom. The van der Waals surface area contributed by atoms with Crippen molar-refractivity contribution in [3.05, 3.63) is 70.7 Å². The number of hydrazone groups is 1. The molecule has 1 heterocycles. The lowest BCUT2D eigenvalue weighted by molar-refractivity contribution is -0.126. The number of carbonyl (C=O) groups excluding carboxylic acids is 1. The highest BCUT2D eigenvalue weighted by Gasteiger charge is 2.24. The molecule has 1 aliphatic rings. The molecular formula is C21H24ClN3O. The third kappa shape index (κ3) is 5.16. The Hall–Kier alpha value is -2.17. The minimum atomic E-state index is 0.0198. The zero-order valence-corrected chi connectivity index (χ0v) is 15.7. The van der Waals surface area contributed by atoms with Gasteiger partial charge in [0.25, 0.3) is 0 Å². The molecule has 4 nitrogen and oxygen atoms in total. The van der Waals surface area contributed by atoms with Gasteiger partial charge in [-0.3, -0.25) is 9.69 Å². The maximum absolute atomic E-state index is 12.4. The summed E-state index contributed by atoms with van der Waals surface area (Å²) in [5.74, 6) is 0.0511. The lowest BCUT2D eigenvalue weighted by atomic mass is 9.96. The maximum atomic E-state index is 12.4. The molecule has 0 radical (unpaired) electrons. The minimum absolute atomic E-state index is 0.0198. The molecule has 2 aromatic carbocycles. The Balaban J connectivity index is 1.47. The summed E-state index contributed by atoms with van der Waals surface area (Å²) in [7, 11) is 0. The summed E-state index contributed by atoms with van der Waals surface area (Å²) in [6.45, 7) is 4.64. The largest absolute Gasteiger partial charge is 0.299 e. The molecule has 2 aromatic rings. The van der Waals surface area contributed by atoms with Crippen LogP contribution in [0.15, 0.2) is 59.7 Å². The second-order valence-electron chi connectivity index (χ2n) is 6.72. The molecule has 0 bridgehead atoms. The third-order valence-electron chi connectivity index (χ3n) is 4.80. The Morgan fingerprint density at radius 1 is 1.12 bits per heavy atom. The van der Waals surface area contributed by atoms with E-state index in [4.69, 9.17) is 11.6 Å². The highest BCUT2D eigenvalue weighted by atomic mass is 35.5. The Kier molecular flexibility index (Phi) is 6.42. The van der Waals surface area contributed by atoms with Gasteiger partial charge in [0.1, 0.15) is 0 Å². The summed E-state index contributed by atoms with van der Waals surface area (Å²) < 4.78 is 0. The first kappa shape index (κ1) is 18.6. The van der Waals surface area contributed by atoms with E-state index >= 15 is 0 Å². The summed E-state index contributed by atoms with van der Waals surface area (Å²) in [6.07, 6.45) is 1.72. The minimum Gasteiger partial charge on any atom is -0.299 e. The van der Waals surface area contributed by atoms with Crippen molar-refractivity contribution in [1.82, 2.24) is 10.3 Å². The molecule has 26 heavy (non-hydrogen) atoms. The summed E-state index contributed by atoms with van der Waals surface area (Å²) in [4.78, 5) is 14.8. The molecule has 1 aliphatic heterocycles. The average molecular weight is 370 g/mol. The molecule has 0 aromatic heterocycles. The van der Waals surface area contributed by atoms with Gasteiger partial charge in [0.15, 0.2) is 0 Å². The smallest absolute Gasteiger partial charge is 0.243 e. The van der Waals surface area contributed by atoms with E-state index in [1.54, 1.807) is 0 Å². The maximum Gasteiger partial charge on any atom is 0.243 e. The molecule has 0 aliphatic carbocycles. The lowest BCUT2D eigenvalue weighted by Crippen LogP contribution is -2.39. The van der Waals surface area contributed by atoms with E-state index in [0.717, 1.165) is 48.8 Å². The zero-order chi connectivity index (χ0) is 18.4. The van der Waals surface area contributed by atoms with Crippen molar-refractivity contribution < 1.29 is 4.79 Å². The van der Waals surface area contributed by atoms with E-state index in [9.17, 15) is 4.79 Å². The Labute approximate surface area is 159 Å². The van der Waals surface area contributed by atoms with Crippen molar-refractivity contribution in [1.29, 1.82) is 0 Å². The highest BCUT2D eigenvalue weighted by Crippen LogP contribution is 2.20. The van der Waals surface area contributed by atoms with E-state index in [-0.39, 0.29) is 11.8 Å². The molecular weight excluding hydrogens is 346 g/mol. The normalized spacial score (nSPS) is 16.5. The van der Waals surface area contributed by atoms with E-state index < -0.39 is 0 Å². The van der Waals surface area contributed by atoms with Crippen molar-refractivity contribution in [2.24, 2.45) is 11.0 Å². The number of rotatable bonds is 5. The fourth-order valence-corrected chi connectivity index (χ4v) is 3.30. The zero-order valence-electron chi connectivity index (χ0n) is 15.0. The van der Waals surface area contributed by atoms with E-state index in [2.05, 4.69) is 27.6 Å². The van der Waals surface area contributed by atoms with Crippen LogP contribution in [0, 0.1) is 5.92 Å². The number of benzene rings is 2. The lowest BCUT2D eigenvalue weighted by Gasteiger charge is -2.30. The van der Waals surface area contributed by atoms with Crippen LogP contribution in [0.5, 0.6) is 0 Å². The van der Waals surface area contributed by atoms with Crippen LogP contribution in [-0.2, 0) is 11.3 Å². The van der Waals surface area contributed by atoms with Crippen molar-refractivity contribution in [3.63, 3.8) is 0 Å². The fourth-order valence-electron chi connectivity index (χ4n) is 3.18. The quantitative estimate of drug-likeness (QED) is 0.637. The van der Waals surface area contributed by atoms with Crippen molar-refractivity contribution >= 4 is 23.2 Å². The standard InChI is InChI=1S/C21H24ClN3O/c1-16(18-5-3-2-4-6-18)23-24-21(26)19-11-13-25(14-12-19)15-17-7-9-20(22)10-8-17/h2-10,19H,11-15H2,1H3,(H,24,26). The van der Waals surface area contributed by atoms with Gasteiger partial charge in [-0.05, 0) is 56.1 Å². The van der Waals surface area contributed by atoms with Crippen LogP contribution in [0.3, 0.4) is 0 Å². The third-order valence-corrected chi connectivity index (χ3v) is 5.06. The van der Waals surface area contributed by atoms with Crippen LogP contribution in [-0.4, -0.2) is 29.6 Å². The summed E-state index contributed by atoms with van der Waals surface area (Å²) >= 11 is 5.93. The monoisotopic (exact) mass is 369 g/mol. The molecule has 1 saturated heterocycles. The van der Waals surface area contributed by atoms with Crippen molar-refractivity contribution in [2.75, 3.05) is 13.1 Å². The second-order valence-corrected chi connectivity index (χ2v) is 7.15. The van der Waals surface area contributed by atoms with Gasteiger partial charge < -0.3 is 0 Å². The second kappa shape index (κ2) is 8.97. The van der Waals surface area contributed by atoms with Gasteiger partial charge in [-0.25, -0.2) is 5.43 Å². The number of hydrogen-bond acceptors (Lipinski definition) is 3. The summed E-state index contributed by atoms with van der Waals surface area (Å²) in [5.41, 5.74) is 5.83. The summed E-state index contributed by atoms with van der Waals surface area (Å²) in [6, 6.07) is 17.8. The number of carbonyl (C=O) groups is 1. The number of amides is 1. The number of halogens is 1. The van der Waals surface area contributed by atoms with Crippen LogP contribution < -0.4 is 5.43 Å². The van der Waals surface area contributed by atoms with Crippen molar-refractivity contribution in [3.8, 4) is 0 Å². The number of nitrogens with zero attached hydrogens (tertiary/aromatic N) is 2. The molecule has 3 rings (SSSR count). The number of piperidine rings is 1. The SMILES string of the molecule is CC(=NNC(=O)C1CCN(Cc2ccc(Cl)cc2)CC1)c1ccccc1. The summed E-state index contributed by atoms with van der Waals surface area (Å²) in [5, 5.41) is 5.02. The predicted molar refractivity (Wildman–Crippen MR) is 106 cm³/mol. The van der Waals surface area contributed by atoms with Gasteiger partial charge in [0.05, 0.1) is 5.71 Å². The van der Waals surface area contributed by atoms with E-state index in [1.165, 1.54) is 5.56 Å². The van der Waals surface area contributed by atoms with Crippen LogP contribution in [0.4, 0.5) is 0 Å². The molecule has 1 N–H and O–H groups in total. The first-order valence-electron chi connectivity index (χ1n) is 8.98. The van der Waals surface area contributed by atoms with E-state index in [0.29, 0.717) is 0 Å². The van der Waals surface area contributed by atoms with Gasteiger partial charge in [-0.1, -0.05) is 54.1 Å². The Morgan fingerprint density at radius 3 is 2.42 bits per heavy atom. The molecule has 1 fully saturated rings. The van der Waals surface area contributed by atoms with E-state index in [1.807, 2.05) is 49.4 Å². The van der Waals surface area contributed by atoms with Gasteiger partial charge in [0.2, 0.25) is 5.91 Å². The van der Waals surface area contributed by atoms with Gasteiger partial charge in [-0.15, -0.1) is 0 Å². The molecule has 5 heteroatoms. The number of hydrogen-bond donors (Lipinski definition) is 1. The molecule has 1 amide bonds. The topological polar surface area (TPSA) is 44.7 Å². The van der Waals surface area contributed by atoms with Gasteiger partial charge in [-0.2, -0.15) is 5.10 Å².